The van der Waals surface area contributed by atoms with Gasteiger partial charge in [-0.1, -0.05) is 6.92 Å². The van der Waals surface area contributed by atoms with Crippen LogP contribution in [0, 0.1) is 12.3 Å². The van der Waals surface area contributed by atoms with Crippen molar-refractivity contribution < 1.29 is 9.84 Å². The lowest BCUT2D eigenvalue weighted by Crippen LogP contribution is -2.36. The van der Waals surface area contributed by atoms with Crippen LogP contribution in [0.15, 0.2) is 0 Å². The number of ether oxygens (including phenoxy) is 1. The van der Waals surface area contributed by atoms with Gasteiger partial charge in [0.2, 0.25) is 0 Å². The first-order valence-electron chi connectivity index (χ1n) is 4.58. The maximum atomic E-state index is 9.32. The van der Waals surface area contributed by atoms with E-state index < -0.39 is 6.10 Å². The Labute approximate surface area is 80.5 Å². The van der Waals surface area contributed by atoms with Crippen LogP contribution >= 0.6 is 0 Å². The van der Waals surface area contributed by atoms with Gasteiger partial charge in [-0.3, -0.25) is 0 Å². The highest BCUT2D eigenvalue weighted by Gasteiger charge is 2.07. The average Bonchev–Trinajstić information content (AvgIpc) is 2.12. The monoisotopic (exact) mass is 185 g/mol. The number of terminal acetylenes is 1. The van der Waals surface area contributed by atoms with E-state index in [1.54, 1.807) is 7.11 Å². The Morgan fingerprint density at radius 1 is 1.62 bits per heavy atom. The Bertz CT molecular complexity index is 153. The normalized spacial score (nSPS) is 14.9. The first-order chi connectivity index (χ1) is 6.24. The van der Waals surface area contributed by atoms with E-state index in [4.69, 9.17) is 11.2 Å². The summed E-state index contributed by atoms with van der Waals surface area (Å²) in [6.07, 6.45) is 6.43. The third-order valence-corrected chi connectivity index (χ3v) is 1.86. The highest BCUT2D eigenvalue weighted by Crippen LogP contribution is 1.96. The third kappa shape index (κ3) is 6.59. The van der Waals surface area contributed by atoms with Crippen molar-refractivity contribution in [2.24, 2.45) is 0 Å². The number of hydrogen-bond donors (Lipinski definition) is 2. The maximum Gasteiger partial charge on any atom is 0.0897 e. The van der Waals surface area contributed by atoms with Crippen LogP contribution < -0.4 is 5.32 Å². The zero-order valence-corrected chi connectivity index (χ0v) is 8.42. The second-order valence-corrected chi connectivity index (χ2v) is 3.03. The molecule has 0 heterocycles. The van der Waals surface area contributed by atoms with Crippen LogP contribution in [-0.4, -0.2) is 37.5 Å². The van der Waals surface area contributed by atoms with Crippen LogP contribution in [0.5, 0.6) is 0 Å². The number of aliphatic hydroxyl groups excluding tert-OH is 1. The van der Waals surface area contributed by atoms with Gasteiger partial charge < -0.3 is 15.2 Å². The number of methoxy groups -OCH3 is 1. The van der Waals surface area contributed by atoms with Gasteiger partial charge in [-0.25, -0.2) is 0 Å². The Morgan fingerprint density at radius 2 is 2.31 bits per heavy atom. The molecule has 0 aliphatic heterocycles. The first-order valence-corrected chi connectivity index (χ1v) is 4.58. The summed E-state index contributed by atoms with van der Waals surface area (Å²) >= 11 is 0. The van der Waals surface area contributed by atoms with E-state index in [0.717, 1.165) is 6.42 Å². The van der Waals surface area contributed by atoms with Gasteiger partial charge in [0.05, 0.1) is 12.7 Å². The summed E-state index contributed by atoms with van der Waals surface area (Å²) in [5, 5.41) is 12.5. The van der Waals surface area contributed by atoms with Crippen molar-refractivity contribution in [3.63, 3.8) is 0 Å². The van der Waals surface area contributed by atoms with Gasteiger partial charge in [0.15, 0.2) is 0 Å². The van der Waals surface area contributed by atoms with Gasteiger partial charge in [-0.2, -0.15) is 0 Å². The fourth-order valence-electron chi connectivity index (χ4n) is 1.06. The molecule has 0 saturated carbocycles. The maximum absolute atomic E-state index is 9.32. The zero-order chi connectivity index (χ0) is 10.1. The summed E-state index contributed by atoms with van der Waals surface area (Å²) in [5.41, 5.74) is 0. The summed E-state index contributed by atoms with van der Waals surface area (Å²) in [6, 6.07) is 0.302. The molecule has 0 aromatic heterocycles. The third-order valence-electron chi connectivity index (χ3n) is 1.86. The van der Waals surface area contributed by atoms with Crippen LogP contribution in [-0.2, 0) is 4.74 Å². The van der Waals surface area contributed by atoms with Crippen molar-refractivity contribution >= 4 is 0 Å². The summed E-state index contributed by atoms with van der Waals surface area (Å²) in [5.74, 6) is 2.60. The molecule has 0 aromatic rings. The zero-order valence-electron chi connectivity index (χ0n) is 8.42. The highest BCUT2D eigenvalue weighted by molar-refractivity contribution is 4.89. The van der Waals surface area contributed by atoms with Crippen molar-refractivity contribution in [1.82, 2.24) is 5.32 Å². The van der Waals surface area contributed by atoms with Crippen molar-refractivity contribution in [1.29, 1.82) is 0 Å². The van der Waals surface area contributed by atoms with Gasteiger partial charge in [0, 0.05) is 26.1 Å². The number of aliphatic hydroxyl groups is 1. The van der Waals surface area contributed by atoms with Crippen molar-refractivity contribution in [2.75, 3.05) is 20.3 Å². The molecule has 0 saturated heterocycles. The first kappa shape index (κ1) is 12.4. The van der Waals surface area contributed by atoms with Crippen LogP contribution in [0.4, 0.5) is 0 Å². The minimum absolute atomic E-state index is 0.302. The van der Waals surface area contributed by atoms with Crippen LogP contribution in [0.25, 0.3) is 0 Å². The molecule has 13 heavy (non-hydrogen) atoms. The van der Waals surface area contributed by atoms with E-state index in [0.29, 0.717) is 25.6 Å². The minimum Gasteiger partial charge on any atom is -0.389 e. The largest absolute Gasteiger partial charge is 0.389 e. The summed E-state index contributed by atoms with van der Waals surface area (Å²) in [7, 11) is 1.57. The predicted molar refractivity (Wildman–Crippen MR) is 53.4 cm³/mol. The molecule has 0 aliphatic rings. The number of nitrogens with one attached hydrogen (secondary N) is 1. The van der Waals surface area contributed by atoms with Crippen LogP contribution in [0.3, 0.4) is 0 Å². The molecular weight excluding hydrogens is 166 g/mol. The molecule has 0 rings (SSSR count). The average molecular weight is 185 g/mol. The molecule has 0 spiro atoms. The molecule has 0 fully saturated rings. The minimum atomic E-state index is -0.447. The highest BCUT2D eigenvalue weighted by atomic mass is 16.5. The summed E-state index contributed by atoms with van der Waals surface area (Å²) in [4.78, 5) is 0. The molecule has 2 atom stereocenters. The van der Waals surface area contributed by atoms with Crippen molar-refractivity contribution in [3.8, 4) is 12.3 Å². The predicted octanol–water partition coefficient (Wildman–Crippen LogP) is 0.385. The van der Waals surface area contributed by atoms with Gasteiger partial charge in [0.25, 0.3) is 0 Å². The van der Waals surface area contributed by atoms with E-state index >= 15 is 0 Å². The van der Waals surface area contributed by atoms with Gasteiger partial charge in [-0.15, -0.1) is 12.3 Å². The lowest BCUT2D eigenvalue weighted by molar-refractivity contribution is 0.0627. The van der Waals surface area contributed by atoms with Crippen molar-refractivity contribution in [2.45, 2.75) is 31.9 Å². The van der Waals surface area contributed by atoms with E-state index in [9.17, 15) is 5.11 Å². The molecule has 0 aliphatic carbocycles. The van der Waals surface area contributed by atoms with E-state index in [-0.39, 0.29) is 0 Å². The van der Waals surface area contributed by atoms with E-state index in [1.807, 2.05) is 0 Å². The molecule has 2 N–H and O–H groups in total. The van der Waals surface area contributed by atoms with E-state index in [2.05, 4.69) is 18.2 Å². The quantitative estimate of drug-likeness (QED) is 0.564. The van der Waals surface area contributed by atoms with Gasteiger partial charge in [0.1, 0.15) is 0 Å². The van der Waals surface area contributed by atoms with Crippen molar-refractivity contribution in [3.05, 3.63) is 0 Å². The fourth-order valence-corrected chi connectivity index (χ4v) is 1.06. The van der Waals surface area contributed by atoms with Gasteiger partial charge >= 0.3 is 0 Å². The van der Waals surface area contributed by atoms with Gasteiger partial charge in [-0.05, 0) is 6.42 Å². The lowest BCUT2D eigenvalue weighted by Gasteiger charge is -2.16. The SMILES string of the molecule is C#CCC(CC)NCC(O)COC. The second-order valence-electron chi connectivity index (χ2n) is 3.03. The second kappa shape index (κ2) is 8.06. The molecule has 0 bridgehead atoms. The molecule has 0 aromatic carbocycles. The Balaban J connectivity index is 3.53. The summed E-state index contributed by atoms with van der Waals surface area (Å²) < 4.78 is 4.80. The number of hydrogen-bond acceptors (Lipinski definition) is 3. The van der Waals surface area contributed by atoms with Crippen LogP contribution in [0.2, 0.25) is 0 Å². The lowest BCUT2D eigenvalue weighted by atomic mass is 10.1. The standard InChI is InChI=1S/C10H19NO2/c1-4-6-9(5-2)11-7-10(12)8-13-3/h1,9-12H,5-8H2,2-3H3. The van der Waals surface area contributed by atoms with E-state index in [1.165, 1.54) is 0 Å². The molecule has 3 heteroatoms. The number of rotatable bonds is 7. The molecular formula is C10H19NO2. The topological polar surface area (TPSA) is 41.5 Å². The molecule has 0 amide bonds. The Kier molecular flexibility index (Phi) is 7.71. The Hall–Kier alpha value is -0.560. The molecule has 2 unspecified atom stereocenters. The summed E-state index contributed by atoms with van der Waals surface area (Å²) in [6.45, 7) is 2.96. The Morgan fingerprint density at radius 3 is 2.77 bits per heavy atom. The molecule has 0 radical (unpaired) electrons. The molecule has 3 nitrogen and oxygen atoms in total. The fraction of sp³-hybridized carbons (Fsp3) is 0.800. The van der Waals surface area contributed by atoms with Crippen LogP contribution in [0.1, 0.15) is 19.8 Å². The smallest absolute Gasteiger partial charge is 0.0897 e. The molecule has 76 valence electrons.